The molecule has 2 N–H and O–H groups in total. The molecule has 0 radical (unpaired) electrons. The molecule has 0 aromatic heterocycles. The highest BCUT2D eigenvalue weighted by Crippen LogP contribution is 2.33. The highest BCUT2D eigenvalue weighted by Gasteiger charge is 2.32. The molecule has 0 saturated heterocycles. The van der Waals surface area contributed by atoms with Gasteiger partial charge in [-0.3, -0.25) is 0 Å². The lowest BCUT2D eigenvalue weighted by Crippen LogP contribution is -2.38. The molecule has 0 aliphatic heterocycles. The van der Waals surface area contributed by atoms with Gasteiger partial charge in [-0.2, -0.15) is 0 Å². The van der Waals surface area contributed by atoms with E-state index in [1.807, 2.05) is 24.3 Å². The third-order valence-corrected chi connectivity index (χ3v) is 3.36. The molecule has 1 aliphatic rings. The van der Waals surface area contributed by atoms with Gasteiger partial charge in [-0.1, -0.05) is 12.8 Å². The molecule has 0 unspecified atom stereocenters. The number of benzene rings is 1. The van der Waals surface area contributed by atoms with Crippen LogP contribution < -0.4 is 10.1 Å². The average molecular weight is 221 g/mol. The van der Waals surface area contributed by atoms with Crippen LogP contribution in [-0.2, 0) is 0 Å². The Morgan fingerprint density at radius 2 is 1.88 bits per heavy atom. The van der Waals surface area contributed by atoms with Crippen molar-refractivity contribution in [3.63, 3.8) is 0 Å². The molecule has 3 heteroatoms. The fraction of sp³-hybridized carbons (Fsp3) is 0.538. The van der Waals surface area contributed by atoms with Gasteiger partial charge in [0.2, 0.25) is 0 Å². The third-order valence-electron chi connectivity index (χ3n) is 3.36. The molecular formula is C13H19NO2. The van der Waals surface area contributed by atoms with Crippen LogP contribution in [0.1, 0.15) is 25.7 Å². The number of hydrogen-bond acceptors (Lipinski definition) is 3. The Kier molecular flexibility index (Phi) is 3.34. The second-order valence-corrected chi connectivity index (χ2v) is 4.50. The summed E-state index contributed by atoms with van der Waals surface area (Å²) in [7, 11) is 1.66. The van der Waals surface area contributed by atoms with E-state index in [1.165, 1.54) is 12.8 Å². The summed E-state index contributed by atoms with van der Waals surface area (Å²) in [5.41, 5.74) is 0.950. The quantitative estimate of drug-likeness (QED) is 0.820. The molecule has 1 fully saturated rings. The van der Waals surface area contributed by atoms with Crippen LogP contribution in [0.2, 0.25) is 0 Å². The number of aliphatic hydroxyl groups excluding tert-OH is 1. The van der Waals surface area contributed by atoms with Gasteiger partial charge in [0, 0.05) is 5.69 Å². The number of anilines is 1. The highest BCUT2D eigenvalue weighted by atomic mass is 16.5. The summed E-state index contributed by atoms with van der Waals surface area (Å²) >= 11 is 0. The zero-order valence-corrected chi connectivity index (χ0v) is 9.70. The number of methoxy groups -OCH3 is 1. The molecule has 0 atom stereocenters. The van der Waals surface area contributed by atoms with Crippen LogP contribution in [0.4, 0.5) is 5.69 Å². The van der Waals surface area contributed by atoms with E-state index >= 15 is 0 Å². The molecule has 88 valence electrons. The molecule has 0 bridgehead atoms. The third kappa shape index (κ3) is 2.30. The van der Waals surface area contributed by atoms with Gasteiger partial charge in [0.15, 0.2) is 0 Å². The van der Waals surface area contributed by atoms with Crippen molar-refractivity contribution in [3.8, 4) is 5.75 Å². The molecule has 0 spiro atoms. The Morgan fingerprint density at radius 1 is 1.25 bits per heavy atom. The normalized spacial score (nSPS) is 18.4. The molecule has 16 heavy (non-hydrogen) atoms. The number of nitrogens with one attached hydrogen (secondary N) is 1. The first kappa shape index (κ1) is 11.3. The standard InChI is InChI=1S/C13H19NO2/c1-16-12-6-4-11(5-7-12)14-13(10-15)8-2-3-9-13/h4-7,14-15H,2-3,8-10H2,1H3. The smallest absolute Gasteiger partial charge is 0.119 e. The predicted molar refractivity (Wildman–Crippen MR) is 64.9 cm³/mol. The number of aliphatic hydroxyl groups is 1. The van der Waals surface area contributed by atoms with Crippen LogP contribution in [0.25, 0.3) is 0 Å². The minimum atomic E-state index is -0.103. The van der Waals surface area contributed by atoms with Crippen molar-refractivity contribution in [1.82, 2.24) is 0 Å². The lowest BCUT2D eigenvalue weighted by Gasteiger charge is -2.29. The van der Waals surface area contributed by atoms with Gasteiger partial charge >= 0.3 is 0 Å². The molecule has 2 rings (SSSR count). The molecule has 1 saturated carbocycles. The molecular weight excluding hydrogens is 202 g/mol. The first-order valence-corrected chi connectivity index (χ1v) is 5.81. The van der Waals surface area contributed by atoms with Crippen LogP contribution in [0.15, 0.2) is 24.3 Å². The maximum Gasteiger partial charge on any atom is 0.119 e. The Bertz CT molecular complexity index is 328. The monoisotopic (exact) mass is 221 g/mol. The minimum absolute atomic E-state index is 0.103. The van der Waals surface area contributed by atoms with Crippen LogP contribution in [-0.4, -0.2) is 24.4 Å². The number of ether oxygens (including phenoxy) is 1. The van der Waals surface area contributed by atoms with E-state index < -0.39 is 0 Å². The van der Waals surface area contributed by atoms with Crippen LogP contribution in [0, 0.1) is 0 Å². The topological polar surface area (TPSA) is 41.5 Å². The van der Waals surface area contributed by atoms with Gasteiger partial charge in [0.05, 0.1) is 19.3 Å². The summed E-state index contributed by atoms with van der Waals surface area (Å²) in [4.78, 5) is 0. The van der Waals surface area contributed by atoms with Gasteiger partial charge in [-0.25, -0.2) is 0 Å². The van der Waals surface area contributed by atoms with E-state index in [9.17, 15) is 5.11 Å². The Balaban J connectivity index is 2.07. The van der Waals surface area contributed by atoms with Gasteiger partial charge in [0.1, 0.15) is 5.75 Å². The maximum atomic E-state index is 9.49. The van der Waals surface area contributed by atoms with E-state index in [4.69, 9.17) is 4.74 Å². The number of rotatable bonds is 4. The van der Waals surface area contributed by atoms with Crippen molar-refractivity contribution in [1.29, 1.82) is 0 Å². The van der Waals surface area contributed by atoms with Gasteiger partial charge < -0.3 is 15.2 Å². The minimum Gasteiger partial charge on any atom is -0.497 e. The first-order valence-electron chi connectivity index (χ1n) is 5.81. The van der Waals surface area contributed by atoms with Gasteiger partial charge in [0.25, 0.3) is 0 Å². The first-order chi connectivity index (χ1) is 7.78. The van der Waals surface area contributed by atoms with Gasteiger partial charge in [-0.05, 0) is 37.1 Å². The maximum absolute atomic E-state index is 9.49. The summed E-state index contributed by atoms with van der Waals surface area (Å²) in [6, 6.07) is 7.86. The van der Waals surface area contributed by atoms with Crippen LogP contribution in [0.5, 0.6) is 5.75 Å². The van der Waals surface area contributed by atoms with Crippen molar-refractivity contribution in [3.05, 3.63) is 24.3 Å². The molecule has 1 aromatic rings. The highest BCUT2D eigenvalue weighted by molar-refractivity contribution is 5.48. The van der Waals surface area contributed by atoms with Crippen molar-refractivity contribution in [2.75, 3.05) is 19.0 Å². The summed E-state index contributed by atoms with van der Waals surface area (Å²) in [6.07, 6.45) is 4.50. The Labute approximate surface area is 96.4 Å². The van der Waals surface area contributed by atoms with Crippen LogP contribution >= 0.6 is 0 Å². The SMILES string of the molecule is COc1ccc(NC2(CO)CCCC2)cc1. The van der Waals surface area contributed by atoms with E-state index in [0.717, 1.165) is 24.3 Å². The van der Waals surface area contributed by atoms with E-state index in [-0.39, 0.29) is 12.1 Å². The predicted octanol–water partition coefficient (Wildman–Crippen LogP) is 2.41. The second-order valence-electron chi connectivity index (χ2n) is 4.50. The molecule has 1 aromatic carbocycles. The van der Waals surface area contributed by atoms with Crippen molar-refractivity contribution in [2.45, 2.75) is 31.2 Å². The lowest BCUT2D eigenvalue weighted by molar-refractivity contribution is 0.214. The fourth-order valence-electron chi connectivity index (χ4n) is 2.35. The van der Waals surface area contributed by atoms with Crippen molar-refractivity contribution < 1.29 is 9.84 Å². The van der Waals surface area contributed by atoms with Gasteiger partial charge in [-0.15, -0.1) is 0 Å². The molecule has 0 amide bonds. The largest absolute Gasteiger partial charge is 0.497 e. The second kappa shape index (κ2) is 4.74. The number of hydrogen-bond donors (Lipinski definition) is 2. The zero-order chi connectivity index (χ0) is 11.4. The summed E-state index contributed by atoms with van der Waals surface area (Å²) < 4.78 is 5.11. The summed E-state index contributed by atoms with van der Waals surface area (Å²) in [5.74, 6) is 0.857. The molecule has 0 heterocycles. The fourth-order valence-corrected chi connectivity index (χ4v) is 2.35. The van der Waals surface area contributed by atoms with Crippen molar-refractivity contribution in [2.24, 2.45) is 0 Å². The van der Waals surface area contributed by atoms with Crippen LogP contribution in [0.3, 0.4) is 0 Å². The van der Waals surface area contributed by atoms with Crippen molar-refractivity contribution >= 4 is 5.69 Å². The molecule has 3 nitrogen and oxygen atoms in total. The zero-order valence-electron chi connectivity index (χ0n) is 9.70. The molecule has 1 aliphatic carbocycles. The van der Waals surface area contributed by atoms with E-state index in [1.54, 1.807) is 7.11 Å². The summed E-state index contributed by atoms with van der Waals surface area (Å²) in [5, 5.41) is 12.9. The van der Waals surface area contributed by atoms with E-state index in [2.05, 4.69) is 5.32 Å². The Morgan fingerprint density at radius 3 is 2.38 bits per heavy atom. The lowest BCUT2D eigenvalue weighted by atomic mass is 9.98. The summed E-state index contributed by atoms with van der Waals surface area (Å²) in [6.45, 7) is 0.207. The van der Waals surface area contributed by atoms with E-state index in [0.29, 0.717) is 0 Å². The average Bonchev–Trinajstić information content (AvgIpc) is 2.79. The Hall–Kier alpha value is -1.22.